The predicted molar refractivity (Wildman–Crippen MR) is 127 cm³/mol. The molecule has 184 valence electrons. The maximum Gasteiger partial charge on any atom is 0.350 e. The van der Waals surface area contributed by atoms with Crippen molar-refractivity contribution in [3.8, 4) is 11.5 Å². The molecule has 2 aromatic carbocycles. The standard InChI is InChI=1S/C25H19FN2O7S/c1-12-22(24(32)33-2)36-25(27-12)28-19(13-3-6-15(26)7-4-13)18(21(30)23(28)31)20(29)14-5-8-16-17(11-14)35-10-9-34-16/h3-8,11,19,29H,9-10H2,1-2H3. The highest BCUT2D eigenvalue weighted by Gasteiger charge is 2.48. The Morgan fingerprint density at radius 3 is 2.53 bits per heavy atom. The van der Waals surface area contributed by atoms with Gasteiger partial charge in [0.05, 0.1) is 24.4 Å². The molecule has 0 bridgehead atoms. The Morgan fingerprint density at radius 2 is 1.83 bits per heavy atom. The SMILES string of the molecule is COC(=O)c1sc(N2C(=O)C(=O)C(=C(O)c3ccc4c(c3)OCCO4)C2c2ccc(F)cc2)nc1C. The highest BCUT2D eigenvalue weighted by Crippen LogP contribution is 2.44. The fourth-order valence-corrected chi connectivity index (χ4v) is 5.12. The van der Waals surface area contributed by atoms with E-state index >= 15 is 0 Å². The second-order valence-corrected chi connectivity index (χ2v) is 8.96. The summed E-state index contributed by atoms with van der Waals surface area (Å²) in [6, 6.07) is 8.73. The van der Waals surface area contributed by atoms with Crippen LogP contribution < -0.4 is 14.4 Å². The molecule has 11 heteroatoms. The zero-order valence-electron chi connectivity index (χ0n) is 19.1. The molecule has 1 amide bonds. The van der Waals surface area contributed by atoms with Gasteiger partial charge in [0, 0.05) is 5.56 Å². The number of hydrogen-bond acceptors (Lipinski definition) is 9. The van der Waals surface area contributed by atoms with Crippen molar-refractivity contribution < 1.29 is 38.1 Å². The molecule has 1 fully saturated rings. The minimum atomic E-state index is -1.13. The van der Waals surface area contributed by atoms with Gasteiger partial charge in [-0.15, -0.1) is 0 Å². The third-order valence-corrected chi connectivity index (χ3v) is 6.94. The number of ether oxygens (including phenoxy) is 3. The molecular formula is C25H19FN2O7S. The fraction of sp³-hybridized carbons (Fsp3) is 0.200. The normalized spacial score (nSPS) is 18.4. The molecule has 0 saturated carbocycles. The van der Waals surface area contributed by atoms with Crippen LogP contribution in [0.5, 0.6) is 11.5 Å². The van der Waals surface area contributed by atoms with Gasteiger partial charge >= 0.3 is 11.9 Å². The number of fused-ring (bicyclic) bond motifs is 1. The number of amides is 1. The smallest absolute Gasteiger partial charge is 0.350 e. The van der Waals surface area contributed by atoms with Crippen LogP contribution in [0.1, 0.15) is 32.5 Å². The number of aryl methyl sites for hydroxylation is 1. The number of aliphatic hydroxyl groups is 1. The van der Waals surface area contributed by atoms with Crippen molar-refractivity contribution in [3.05, 3.63) is 75.6 Å². The van der Waals surface area contributed by atoms with Crippen LogP contribution in [0, 0.1) is 12.7 Å². The molecule has 36 heavy (non-hydrogen) atoms. The summed E-state index contributed by atoms with van der Waals surface area (Å²) < 4.78 is 29.6. The Hall–Kier alpha value is -4.25. The molecule has 5 rings (SSSR count). The lowest BCUT2D eigenvalue weighted by Crippen LogP contribution is -2.29. The molecule has 1 aromatic heterocycles. The summed E-state index contributed by atoms with van der Waals surface area (Å²) in [4.78, 5) is 44.3. The van der Waals surface area contributed by atoms with Gasteiger partial charge in [0.2, 0.25) is 0 Å². The maximum absolute atomic E-state index is 13.7. The lowest BCUT2D eigenvalue weighted by Gasteiger charge is -2.23. The molecule has 1 saturated heterocycles. The number of ketones is 1. The van der Waals surface area contributed by atoms with E-state index in [4.69, 9.17) is 14.2 Å². The van der Waals surface area contributed by atoms with Gasteiger partial charge in [-0.1, -0.05) is 23.5 Å². The van der Waals surface area contributed by atoms with E-state index in [-0.39, 0.29) is 21.1 Å². The van der Waals surface area contributed by atoms with Crippen molar-refractivity contribution in [1.29, 1.82) is 0 Å². The molecule has 9 nitrogen and oxygen atoms in total. The van der Waals surface area contributed by atoms with Crippen molar-refractivity contribution in [2.24, 2.45) is 0 Å². The Kier molecular flexibility index (Phi) is 5.92. The molecule has 1 unspecified atom stereocenters. The summed E-state index contributed by atoms with van der Waals surface area (Å²) in [7, 11) is 1.22. The first kappa shape index (κ1) is 23.5. The Labute approximate surface area is 208 Å². The van der Waals surface area contributed by atoms with E-state index in [2.05, 4.69) is 4.98 Å². The number of nitrogens with zero attached hydrogens (tertiary/aromatic N) is 2. The second-order valence-electron chi connectivity index (χ2n) is 7.98. The molecule has 0 aliphatic carbocycles. The number of rotatable bonds is 4. The highest BCUT2D eigenvalue weighted by atomic mass is 32.1. The van der Waals surface area contributed by atoms with Gasteiger partial charge in [0.15, 0.2) is 16.6 Å². The highest BCUT2D eigenvalue weighted by molar-refractivity contribution is 7.17. The fourth-order valence-electron chi connectivity index (χ4n) is 4.10. The summed E-state index contributed by atoms with van der Waals surface area (Å²) in [6.45, 7) is 2.28. The summed E-state index contributed by atoms with van der Waals surface area (Å²) in [5, 5.41) is 11.3. The summed E-state index contributed by atoms with van der Waals surface area (Å²) >= 11 is 0.877. The quantitative estimate of drug-likeness (QED) is 0.244. The largest absolute Gasteiger partial charge is 0.507 e. The Bertz CT molecular complexity index is 1430. The lowest BCUT2D eigenvalue weighted by atomic mass is 9.95. The number of hydrogen-bond donors (Lipinski definition) is 1. The molecule has 0 spiro atoms. The molecule has 1 N–H and O–H groups in total. The molecule has 2 aliphatic heterocycles. The number of aromatic nitrogens is 1. The van der Waals surface area contributed by atoms with Crippen molar-refractivity contribution in [3.63, 3.8) is 0 Å². The average Bonchev–Trinajstić information content (AvgIpc) is 3.40. The van der Waals surface area contributed by atoms with Crippen molar-refractivity contribution in [2.45, 2.75) is 13.0 Å². The van der Waals surface area contributed by atoms with Gasteiger partial charge in [-0.05, 0) is 42.8 Å². The van der Waals surface area contributed by atoms with E-state index in [0.717, 1.165) is 16.2 Å². The zero-order valence-corrected chi connectivity index (χ0v) is 19.9. The molecular weight excluding hydrogens is 491 g/mol. The first-order chi connectivity index (χ1) is 17.3. The van der Waals surface area contributed by atoms with Gasteiger partial charge in [0.25, 0.3) is 5.78 Å². The number of aliphatic hydroxyl groups excluding tert-OH is 1. The number of esters is 1. The summed E-state index contributed by atoms with van der Waals surface area (Å²) in [5.74, 6) is -2.62. The van der Waals surface area contributed by atoms with Crippen LogP contribution in [0.4, 0.5) is 9.52 Å². The van der Waals surface area contributed by atoms with Crippen LogP contribution >= 0.6 is 11.3 Å². The number of Topliss-reactive ketones (excluding diaryl/α,β-unsaturated/α-hetero) is 1. The Morgan fingerprint density at radius 1 is 1.14 bits per heavy atom. The zero-order chi connectivity index (χ0) is 25.6. The van der Waals surface area contributed by atoms with E-state index in [1.165, 1.54) is 37.4 Å². The minimum Gasteiger partial charge on any atom is -0.507 e. The minimum absolute atomic E-state index is 0.0607. The number of anilines is 1. The van der Waals surface area contributed by atoms with Gasteiger partial charge in [-0.25, -0.2) is 14.2 Å². The van der Waals surface area contributed by atoms with E-state index in [9.17, 15) is 23.9 Å². The summed E-state index contributed by atoms with van der Waals surface area (Å²) in [5.41, 5.74) is 0.696. The van der Waals surface area contributed by atoms with Crippen molar-refractivity contribution in [2.75, 3.05) is 25.2 Å². The number of carbonyl (C=O) groups is 3. The molecule has 3 heterocycles. The summed E-state index contributed by atoms with van der Waals surface area (Å²) in [6.07, 6.45) is 0. The predicted octanol–water partition coefficient (Wildman–Crippen LogP) is 3.77. The van der Waals surface area contributed by atoms with Crippen LogP contribution in [-0.4, -0.2) is 48.1 Å². The van der Waals surface area contributed by atoms with E-state index in [1.54, 1.807) is 19.1 Å². The lowest BCUT2D eigenvalue weighted by molar-refractivity contribution is -0.132. The van der Waals surface area contributed by atoms with Crippen LogP contribution in [-0.2, 0) is 14.3 Å². The van der Waals surface area contributed by atoms with Gasteiger partial charge in [-0.3, -0.25) is 14.5 Å². The van der Waals surface area contributed by atoms with E-state index < -0.39 is 35.3 Å². The first-order valence-corrected chi connectivity index (χ1v) is 11.6. The molecule has 0 radical (unpaired) electrons. The number of halogens is 1. The Balaban J connectivity index is 1.68. The maximum atomic E-state index is 13.7. The second kappa shape index (κ2) is 9.08. The van der Waals surface area contributed by atoms with E-state index in [0.29, 0.717) is 36.0 Å². The van der Waals surface area contributed by atoms with Crippen LogP contribution in [0.15, 0.2) is 48.0 Å². The van der Waals surface area contributed by atoms with Crippen molar-refractivity contribution in [1.82, 2.24) is 4.98 Å². The first-order valence-electron chi connectivity index (χ1n) is 10.8. The molecule has 3 aromatic rings. The van der Waals surface area contributed by atoms with Crippen LogP contribution in [0.25, 0.3) is 5.76 Å². The van der Waals surface area contributed by atoms with E-state index in [1.807, 2.05) is 0 Å². The molecule has 1 atom stereocenters. The van der Waals surface area contributed by atoms with Gasteiger partial charge < -0.3 is 19.3 Å². The number of carbonyl (C=O) groups excluding carboxylic acids is 3. The van der Waals surface area contributed by atoms with Gasteiger partial charge in [-0.2, -0.15) is 0 Å². The average molecular weight is 510 g/mol. The topological polar surface area (TPSA) is 115 Å². The van der Waals surface area contributed by atoms with Crippen LogP contribution in [0.3, 0.4) is 0 Å². The monoisotopic (exact) mass is 510 g/mol. The number of benzene rings is 2. The molecule has 2 aliphatic rings. The van der Waals surface area contributed by atoms with Gasteiger partial charge in [0.1, 0.15) is 29.7 Å². The van der Waals surface area contributed by atoms with Crippen LogP contribution in [0.2, 0.25) is 0 Å². The number of thiazole rings is 1. The third-order valence-electron chi connectivity index (χ3n) is 5.81. The third kappa shape index (κ3) is 3.87. The van der Waals surface area contributed by atoms with Crippen molar-refractivity contribution >= 4 is 39.9 Å². The number of methoxy groups -OCH3 is 1.